The average Bonchev–Trinajstić information content (AvgIpc) is 2.47. The Morgan fingerprint density at radius 3 is 2.90 bits per heavy atom. The standard InChI is InChI=1S/C14H19Cl2N3O/c1-17-13-9(15)8-10(16)14(18-13)19-6-7-20-12-5-3-2-4-11(12)19/h8,11-12H,2-7H2,1H3,(H,17,18). The van der Waals surface area contributed by atoms with Gasteiger partial charge < -0.3 is 15.0 Å². The van der Waals surface area contributed by atoms with Crippen LogP contribution in [0.15, 0.2) is 6.07 Å². The molecular formula is C14H19Cl2N3O. The Kier molecular flexibility index (Phi) is 4.24. The second kappa shape index (κ2) is 5.96. The minimum absolute atomic E-state index is 0.309. The fraction of sp³-hybridized carbons (Fsp3) is 0.643. The number of hydrogen-bond acceptors (Lipinski definition) is 4. The summed E-state index contributed by atoms with van der Waals surface area (Å²) in [5, 5.41) is 4.18. The van der Waals surface area contributed by atoms with Gasteiger partial charge in [-0.25, -0.2) is 4.98 Å². The van der Waals surface area contributed by atoms with Crippen molar-refractivity contribution in [2.75, 3.05) is 30.4 Å². The maximum atomic E-state index is 6.37. The Labute approximate surface area is 129 Å². The van der Waals surface area contributed by atoms with Crippen molar-refractivity contribution in [1.29, 1.82) is 0 Å². The van der Waals surface area contributed by atoms with Gasteiger partial charge in [-0.2, -0.15) is 0 Å². The number of pyridine rings is 1. The largest absolute Gasteiger partial charge is 0.374 e. The third kappa shape index (κ3) is 2.57. The lowest BCUT2D eigenvalue weighted by Crippen LogP contribution is -2.53. The van der Waals surface area contributed by atoms with Crippen LogP contribution in [-0.2, 0) is 4.74 Å². The zero-order valence-corrected chi connectivity index (χ0v) is 13.0. The summed E-state index contributed by atoms with van der Waals surface area (Å²) in [7, 11) is 1.81. The summed E-state index contributed by atoms with van der Waals surface area (Å²) in [5.74, 6) is 1.49. The predicted molar refractivity (Wildman–Crippen MR) is 83.1 cm³/mol. The molecule has 1 aromatic rings. The number of hydrogen-bond donors (Lipinski definition) is 1. The van der Waals surface area contributed by atoms with Crippen LogP contribution in [0.4, 0.5) is 11.6 Å². The molecule has 4 nitrogen and oxygen atoms in total. The molecule has 1 aliphatic heterocycles. The van der Waals surface area contributed by atoms with E-state index in [1.807, 2.05) is 7.05 Å². The quantitative estimate of drug-likeness (QED) is 0.905. The second-order valence-electron chi connectivity index (χ2n) is 5.33. The highest BCUT2D eigenvalue weighted by atomic mass is 35.5. The van der Waals surface area contributed by atoms with Crippen molar-refractivity contribution in [3.8, 4) is 0 Å². The molecular weight excluding hydrogens is 297 g/mol. The van der Waals surface area contributed by atoms with Crippen molar-refractivity contribution < 1.29 is 4.74 Å². The van der Waals surface area contributed by atoms with Gasteiger partial charge in [-0.15, -0.1) is 0 Å². The number of ether oxygens (including phenoxy) is 1. The van der Waals surface area contributed by atoms with Crippen LogP contribution in [-0.4, -0.2) is 37.3 Å². The number of halogens is 2. The molecule has 2 heterocycles. The van der Waals surface area contributed by atoms with Gasteiger partial charge in [0.15, 0.2) is 0 Å². The number of aromatic nitrogens is 1. The van der Waals surface area contributed by atoms with Gasteiger partial charge in [0.05, 0.1) is 28.8 Å². The Balaban J connectivity index is 1.94. The highest BCUT2D eigenvalue weighted by molar-refractivity contribution is 6.37. The van der Waals surface area contributed by atoms with Crippen LogP contribution in [0.3, 0.4) is 0 Å². The second-order valence-corrected chi connectivity index (χ2v) is 6.14. The first-order valence-electron chi connectivity index (χ1n) is 7.12. The summed E-state index contributed by atoms with van der Waals surface area (Å²) in [6.45, 7) is 1.56. The monoisotopic (exact) mass is 315 g/mol. The van der Waals surface area contributed by atoms with Gasteiger partial charge in [0, 0.05) is 13.6 Å². The number of fused-ring (bicyclic) bond motifs is 1. The van der Waals surface area contributed by atoms with Crippen LogP contribution in [0.25, 0.3) is 0 Å². The molecule has 3 rings (SSSR count). The van der Waals surface area contributed by atoms with Crippen LogP contribution >= 0.6 is 23.2 Å². The van der Waals surface area contributed by atoms with Crippen LogP contribution in [0.2, 0.25) is 10.0 Å². The van der Waals surface area contributed by atoms with Gasteiger partial charge in [-0.05, 0) is 18.9 Å². The summed E-state index contributed by atoms with van der Waals surface area (Å²) in [6.07, 6.45) is 5.07. The third-order valence-corrected chi connectivity index (χ3v) is 4.72. The van der Waals surface area contributed by atoms with Crippen molar-refractivity contribution in [3.63, 3.8) is 0 Å². The van der Waals surface area contributed by atoms with E-state index >= 15 is 0 Å². The molecule has 1 aromatic heterocycles. The molecule has 1 N–H and O–H groups in total. The van der Waals surface area contributed by atoms with Gasteiger partial charge in [0.25, 0.3) is 0 Å². The van der Waals surface area contributed by atoms with Crippen molar-refractivity contribution >= 4 is 34.8 Å². The van der Waals surface area contributed by atoms with Crippen molar-refractivity contribution in [3.05, 3.63) is 16.1 Å². The minimum Gasteiger partial charge on any atom is -0.374 e. The molecule has 110 valence electrons. The number of morpholine rings is 1. The average molecular weight is 316 g/mol. The van der Waals surface area contributed by atoms with Gasteiger partial charge in [-0.3, -0.25) is 0 Å². The lowest BCUT2D eigenvalue weighted by molar-refractivity contribution is -0.00896. The summed E-state index contributed by atoms with van der Waals surface area (Å²) in [4.78, 5) is 6.90. The molecule has 2 fully saturated rings. The first-order valence-corrected chi connectivity index (χ1v) is 7.88. The Morgan fingerprint density at radius 2 is 2.10 bits per heavy atom. The van der Waals surface area contributed by atoms with E-state index in [1.54, 1.807) is 6.07 Å². The lowest BCUT2D eigenvalue weighted by atomic mass is 9.90. The van der Waals surface area contributed by atoms with Gasteiger partial charge in [0.1, 0.15) is 11.6 Å². The zero-order valence-electron chi connectivity index (χ0n) is 11.5. The van der Waals surface area contributed by atoms with E-state index in [4.69, 9.17) is 27.9 Å². The molecule has 0 spiro atoms. The van der Waals surface area contributed by atoms with E-state index in [2.05, 4.69) is 15.2 Å². The number of rotatable bonds is 2. The molecule has 1 saturated heterocycles. The molecule has 0 aromatic carbocycles. The summed E-state index contributed by atoms with van der Waals surface area (Å²) in [5.41, 5.74) is 0. The summed E-state index contributed by atoms with van der Waals surface area (Å²) < 4.78 is 5.90. The Bertz CT molecular complexity index is 496. The molecule has 0 bridgehead atoms. The molecule has 0 amide bonds. The molecule has 1 saturated carbocycles. The van der Waals surface area contributed by atoms with Crippen LogP contribution in [0, 0.1) is 0 Å². The maximum Gasteiger partial charge on any atom is 0.150 e. The first-order chi connectivity index (χ1) is 9.70. The van der Waals surface area contributed by atoms with Gasteiger partial charge >= 0.3 is 0 Å². The number of nitrogens with one attached hydrogen (secondary N) is 1. The number of nitrogens with zero attached hydrogens (tertiary/aromatic N) is 2. The van der Waals surface area contributed by atoms with Crippen molar-refractivity contribution in [1.82, 2.24) is 4.98 Å². The molecule has 2 atom stereocenters. The van der Waals surface area contributed by atoms with Crippen molar-refractivity contribution in [2.24, 2.45) is 0 Å². The minimum atomic E-state index is 0.309. The zero-order chi connectivity index (χ0) is 14.1. The van der Waals surface area contributed by atoms with E-state index in [9.17, 15) is 0 Å². The molecule has 2 aliphatic rings. The van der Waals surface area contributed by atoms with E-state index in [0.29, 0.717) is 28.0 Å². The van der Waals surface area contributed by atoms with Crippen LogP contribution < -0.4 is 10.2 Å². The smallest absolute Gasteiger partial charge is 0.150 e. The van der Waals surface area contributed by atoms with Crippen LogP contribution in [0.5, 0.6) is 0 Å². The topological polar surface area (TPSA) is 37.4 Å². The van der Waals surface area contributed by atoms with Gasteiger partial charge in [-0.1, -0.05) is 36.0 Å². The molecule has 6 heteroatoms. The molecule has 2 unspecified atom stereocenters. The fourth-order valence-corrected chi connectivity index (χ4v) is 3.75. The summed E-state index contributed by atoms with van der Waals surface area (Å²) in [6, 6.07) is 2.15. The van der Waals surface area contributed by atoms with E-state index in [0.717, 1.165) is 31.8 Å². The third-order valence-electron chi connectivity index (χ3n) is 4.15. The maximum absolute atomic E-state index is 6.37. The Morgan fingerprint density at radius 1 is 1.30 bits per heavy atom. The highest BCUT2D eigenvalue weighted by Gasteiger charge is 2.35. The predicted octanol–water partition coefficient (Wildman–Crippen LogP) is 3.58. The highest BCUT2D eigenvalue weighted by Crippen LogP contribution is 2.37. The molecule has 20 heavy (non-hydrogen) atoms. The van der Waals surface area contributed by atoms with Crippen molar-refractivity contribution in [2.45, 2.75) is 37.8 Å². The first kappa shape index (κ1) is 14.2. The van der Waals surface area contributed by atoms with Gasteiger partial charge in [0.2, 0.25) is 0 Å². The SMILES string of the molecule is CNc1nc(N2CCOC3CCCCC32)c(Cl)cc1Cl. The lowest BCUT2D eigenvalue weighted by Gasteiger charge is -2.44. The van der Waals surface area contributed by atoms with E-state index < -0.39 is 0 Å². The normalized spacial score (nSPS) is 26.2. The van der Waals surface area contributed by atoms with E-state index in [1.165, 1.54) is 12.8 Å². The Hall–Kier alpha value is -0.710. The number of anilines is 2. The fourth-order valence-electron chi connectivity index (χ4n) is 3.19. The van der Waals surface area contributed by atoms with Crippen LogP contribution in [0.1, 0.15) is 25.7 Å². The summed E-state index contributed by atoms with van der Waals surface area (Å²) >= 11 is 12.5. The van der Waals surface area contributed by atoms with E-state index in [-0.39, 0.29) is 0 Å². The molecule has 1 aliphatic carbocycles. The molecule has 0 radical (unpaired) electrons.